The number of benzene rings is 2. The van der Waals surface area contributed by atoms with E-state index in [0.717, 1.165) is 5.56 Å². The van der Waals surface area contributed by atoms with Gasteiger partial charge in [-0.2, -0.15) is 0 Å². The van der Waals surface area contributed by atoms with E-state index < -0.39 is 11.7 Å². The summed E-state index contributed by atoms with van der Waals surface area (Å²) in [7, 11) is 3.03. The molecule has 0 atom stereocenters. The Balaban J connectivity index is 1.75. The van der Waals surface area contributed by atoms with Crippen molar-refractivity contribution >= 4 is 17.4 Å². The molecule has 0 bridgehead atoms. The number of hydrogen-bond donors (Lipinski definition) is 1. The zero-order valence-electron chi connectivity index (χ0n) is 15.1. The number of nitrogens with one attached hydrogen (secondary N) is 1. The minimum atomic E-state index is -0.713. The maximum absolute atomic E-state index is 12.6. The minimum Gasteiger partial charge on any atom is -0.493 e. The van der Waals surface area contributed by atoms with Crippen molar-refractivity contribution in [1.29, 1.82) is 0 Å². The second-order valence-corrected chi connectivity index (χ2v) is 5.86. The first-order valence-electron chi connectivity index (χ1n) is 8.39. The van der Waals surface area contributed by atoms with Gasteiger partial charge >= 0.3 is 0 Å². The molecular formula is C21H20N2O4. The second kappa shape index (κ2) is 8.23. The van der Waals surface area contributed by atoms with E-state index in [4.69, 9.17) is 9.47 Å². The van der Waals surface area contributed by atoms with Crippen LogP contribution in [0.25, 0.3) is 0 Å². The Morgan fingerprint density at radius 2 is 1.67 bits per heavy atom. The zero-order chi connectivity index (χ0) is 19.2. The van der Waals surface area contributed by atoms with E-state index in [9.17, 15) is 9.59 Å². The fraction of sp³-hybridized carbons (Fsp3) is 0.143. The molecule has 138 valence electrons. The van der Waals surface area contributed by atoms with Crippen molar-refractivity contribution in [3.8, 4) is 11.5 Å². The molecule has 1 heterocycles. The number of hydrogen-bond acceptors (Lipinski definition) is 4. The number of ether oxygens (including phenoxy) is 2. The van der Waals surface area contributed by atoms with Crippen LogP contribution in [0.5, 0.6) is 11.5 Å². The molecule has 0 unspecified atom stereocenters. The molecule has 3 rings (SSSR count). The predicted molar refractivity (Wildman–Crippen MR) is 102 cm³/mol. The molecular weight excluding hydrogens is 344 g/mol. The smallest absolute Gasteiger partial charge is 0.298 e. The lowest BCUT2D eigenvalue weighted by Crippen LogP contribution is -2.25. The Kier molecular flexibility index (Phi) is 5.56. The number of carbonyl (C=O) groups is 2. The summed E-state index contributed by atoms with van der Waals surface area (Å²) in [5.41, 5.74) is 1.83. The highest BCUT2D eigenvalue weighted by Gasteiger charge is 2.20. The van der Waals surface area contributed by atoms with Crippen molar-refractivity contribution in [2.24, 2.45) is 0 Å². The Morgan fingerprint density at radius 1 is 0.926 bits per heavy atom. The minimum absolute atomic E-state index is 0.330. The van der Waals surface area contributed by atoms with Gasteiger partial charge in [0.15, 0.2) is 11.5 Å². The monoisotopic (exact) mass is 364 g/mol. The van der Waals surface area contributed by atoms with Gasteiger partial charge in [-0.05, 0) is 29.8 Å². The Morgan fingerprint density at radius 3 is 2.37 bits per heavy atom. The van der Waals surface area contributed by atoms with Gasteiger partial charge in [-0.3, -0.25) is 9.59 Å². The third-order valence-electron chi connectivity index (χ3n) is 4.11. The van der Waals surface area contributed by atoms with Crippen LogP contribution < -0.4 is 14.8 Å². The molecule has 6 nitrogen and oxygen atoms in total. The number of anilines is 1. The highest BCUT2D eigenvalue weighted by Crippen LogP contribution is 2.29. The van der Waals surface area contributed by atoms with Crippen molar-refractivity contribution in [3.05, 3.63) is 78.1 Å². The van der Waals surface area contributed by atoms with Crippen LogP contribution in [-0.4, -0.2) is 30.5 Å². The number of Topliss-reactive ketones (excluding diaryl/α,β-unsaturated/α-hetero) is 1. The average Bonchev–Trinajstić information content (AvgIpc) is 3.16. The fourth-order valence-corrected chi connectivity index (χ4v) is 2.76. The molecule has 1 aromatic heterocycles. The molecule has 27 heavy (non-hydrogen) atoms. The third kappa shape index (κ3) is 4.17. The van der Waals surface area contributed by atoms with Crippen LogP contribution in [0.4, 0.5) is 5.69 Å². The molecule has 1 N–H and O–H groups in total. The Bertz CT molecular complexity index is 948. The number of nitrogens with zero attached hydrogens (tertiary/aromatic N) is 1. The SMILES string of the molecule is COc1ccc(NC(=O)C(=O)c2cccn2Cc2ccccc2)cc1OC. The molecule has 0 radical (unpaired) electrons. The van der Waals surface area contributed by atoms with Gasteiger partial charge in [-0.25, -0.2) is 0 Å². The molecule has 6 heteroatoms. The summed E-state index contributed by atoms with van der Waals surface area (Å²) in [6.07, 6.45) is 1.78. The van der Waals surface area contributed by atoms with Crippen LogP contribution in [-0.2, 0) is 11.3 Å². The van der Waals surface area contributed by atoms with E-state index in [1.54, 1.807) is 41.1 Å². The van der Waals surface area contributed by atoms with Crippen LogP contribution >= 0.6 is 0 Å². The molecule has 0 saturated heterocycles. The van der Waals surface area contributed by atoms with Crippen LogP contribution in [0.1, 0.15) is 16.1 Å². The van der Waals surface area contributed by atoms with Crippen molar-refractivity contribution in [3.63, 3.8) is 0 Å². The summed E-state index contributed by atoms with van der Waals surface area (Å²) in [5, 5.41) is 2.61. The predicted octanol–water partition coefficient (Wildman–Crippen LogP) is 3.38. The maximum atomic E-state index is 12.6. The van der Waals surface area contributed by atoms with Crippen molar-refractivity contribution in [2.45, 2.75) is 6.54 Å². The van der Waals surface area contributed by atoms with Gasteiger partial charge in [0.05, 0.1) is 19.9 Å². The number of ketones is 1. The molecule has 0 aliphatic rings. The zero-order valence-corrected chi connectivity index (χ0v) is 15.1. The number of aromatic nitrogens is 1. The van der Waals surface area contributed by atoms with Crippen LogP contribution in [0.15, 0.2) is 66.9 Å². The van der Waals surface area contributed by atoms with Crippen LogP contribution in [0.3, 0.4) is 0 Å². The average molecular weight is 364 g/mol. The first-order chi connectivity index (χ1) is 13.1. The van der Waals surface area contributed by atoms with Gasteiger partial charge in [0, 0.05) is 24.5 Å². The van der Waals surface area contributed by atoms with Gasteiger partial charge in [0.1, 0.15) is 0 Å². The Hall–Kier alpha value is -3.54. The van der Waals surface area contributed by atoms with E-state index in [1.165, 1.54) is 14.2 Å². The highest BCUT2D eigenvalue weighted by molar-refractivity contribution is 6.46. The molecule has 1 amide bonds. The molecule has 0 aliphatic carbocycles. The molecule has 0 aliphatic heterocycles. The van der Waals surface area contributed by atoms with Gasteiger partial charge in [-0.15, -0.1) is 0 Å². The van der Waals surface area contributed by atoms with Crippen LogP contribution in [0.2, 0.25) is 0 Å². The third-order valence-corrected chi connectivity index (χ3v) is 4.11. The Labute approximate surface area is 157 Å². The topological polar surface area (TPSA) is 69.6 Å². The number of rotatable bonds is 7. The summed E-state index contributed by atoms with van der Waals surface area (Å²) in [5.74, 6) is -0.310. The quantitative estimate of drug-likeness (QED) is 0.515. The van der Waals surface area contributed by atoms with E-state index in [1.807, 2.05) is 30.3 Å². The number of carbonyl (C=O) groups excluding carboxylic acids is 2. The lowest BCUT2D eigenvalue weighted by molar-refractivity contribution is -0.112. The van der Waals surface area contributed by atoms with Crippen molar-refractivity contribution < 1.29 is 19.1 Å². The van der Waals surface area contributed by atoms with E-state index >= 15 is 0 Å². The van der Waals surface area contributed by atoms with E-state index in [-0.39, 0.29) is 0 Å². The summed E-state index contributed by atoms with van der Waals surface area (Å²) >= 11 is 0. The molecule has 3 aromatic rings. The second-order valence-electron chi connectivity index (χ2n) is 5.86. The first-order valence-corrected chi connectivity index (χ1v) is 8.39. The normalized spacial score (nSPS) is 10.3. The van der Waals surface area contributed by atoms with E-state index in [2.05, 4.69) is 5.32 Å². The summed E-state index contributed by atoms with van der Waals surface area (Å²) in [6, 6.07) is 18.0. The van der Waals surface area contributed by atoms with Crippen LogP contribution in [0, 0.1) is 0 Å². The van der Waals surface area contributed by atoms with Gasteiger partial charge < -0.3 is 19.4 Å². The largest absolute Gasteiger partial charge is 0.493 e. The lowest BCUT2D eigenvalue weighted by Gasteiger charge is -2.11. The van der Waals surface area contributed by atoms with Gasteiger partial charge in [-0.1, -0.05) is 30.3 Å². The highest BCUT2D eigenvalue weighted by atomic mass is 16.5. The molecule has 2 aromatic carbocycles. The van der Waals surface area contributed by atoms with Gasteiger partial charge in [0.2, 0.25) is 0 Å². The fourth-order valence-electron chi connectivity index (χ4n) is 2.76. The van der Waals surface area contributed by atoms with Gasteiger partial charge in [0.25, 0.3) is 11.7 Å². The molecule has 0 saturated carbocycles. The first kappa shape index (κ1) is 18.3. The molecule has 0 spiro atoms. The summed E-state index contributed by atoms with van der Waals surface area (Å²) in [6.45, 7) is 0.512. The van der Waals surface area contributed by atoms with E-state index in [0.29, 0.717) is 29.4 Å². The lowest BCUT2D eigenvalue weighted by atomic mass is 10.2. The molecule has 0 fully saturated rings. The summed E-state index contributed by atoms with van der Waals surface area (Å²) in [4.78, 5) is 25.0. The van der Waals surface area contributed by atoms with Crippen molar-refractivity contribution in [2.75, 3.05) is 19.5 Å². The number of methoxy groups -OCH3 is 2. The summed E-state index contributed by atoms with van der Waals surface area (Å²) < 4.78 is 12.1. The standard InChI is InChI=1S/C21H20N2O4/c1-26-18-11-10-16(13-19(18)27-2)22-21(25)20(24)17-9-6-12-23(17)14-15-7-4-3-5-8-15/h3-13H,14H2,1-2H3,(H,22,25). The number of amides is 1. The maximum Gasteiger partial charge on any atom is 0.298 e. The van der Waals surface area contributed by atoms with Crippen molar-refractivity contribution in [1.82, 2.24) is 4.57 Å².